The molecule has 0 unspecified atom stereocenters. The maximum absolute atomic E-state index is 12.4. The Kier molecular flexibility index (Phi) is 4.15. The lowest BCUT2D eigenvalue weighted by atomic mass is 10.1. The standard InChI is InChI=1S/C20H17N5O/c1-25-19(8-9-23-25)16-10-14(11-21-13-16)12-22-20(26)18-7-6-15-4-2-3-5-17(15)24-18/h2-11,13H,12H2,1H3,(H,22,26). The van der Waals surface area contributed by atoms with Crippen molar-refractivity contribution in [2.24, 2.45) is 7.05 Å². The van der Waals surface area contributed by atoms with Crippen LogP contribution in [-0.2, 0) is 13.6 Å². The molecule has 0 atom stereocenters. The molecule has 4 rings (SSSR count). The second-order valence-electron chi connectivity index (χ2n) is 5.99. The smallest absolute Gasteiger partial charge is 0.270 e. The van der Waals surface area contributed by atoms with Gasteiger partial charge in [0.1, 0.15) is 5.69 Å². The molecule has 0 aliphatic heterocycles. The van der Waals surface area contributed by atoms with Crippen molar-refractivity contribution >= 4 is 16.8 Å². The molecule has 0 radical (unpaired) electrons. The number of nitrogens with one attached hydrogen (secondary N) is 1. The molecule has 1 aromatic carbocycles. The van der Waals surface area contributed by atoms with Gasteiger partial charge in [-0.05, 0) is 29.8 Å². The van der Waals surface area contributed by atoms with Crippen molar-refractivity contribution in [3.63, 3.8) is 0 Å². The maximum Gasteiger partial charge on any atom is 0.270 e. The van der Waals surface area contributed by atoms with E-state index in [9.17, 15) is 4.79 Å². The van der Waals surface area contributed by atoms with Gasteiger partial charge in [-0.1, -0.05) is 24.3 Å². The Morgan fingerprint density at radius 2 is 2.00 bits per heavy atom. The zero-order chi connectivity index (χ0) is 17.9. The molecular weight excluding hydrogens is 326 g/mol. The molecule has 0 saturated heterocycles. The van der Waals surface area contributed by atoms with Gasteiger partial charge in [0.25, 0.3) is 5.91 Å². The topological polar surface area (TPSA) is 72.7 Å². The minimum atomic E-state index is -0.207. The monoisotopic (exact) mass is 343 g/mol. The van der Waals surface area contributed by atoms with E-state index >= 15 is 0 Å². The lowest BCUT2D eigenvalue weighted by molar-refractivity contribution is 0.0946. The van der Waals surface area contributed by atoms with E-state index in [1.807, 2.05) is 49.5 Å². The Bertz CT molecular complexity index is 1090. The summed E-state index contributed by atoms with van der Waals surface area (Å²) in [5, 5.41) is 8.09. The third-order valence-electron chi connectivity index (χ3n) is 4.20. The van der Waals surface area contributed by atoms with E-state index in [0.29, 0.717) is 12.2 Å². The number of amides is 1. The summed E-state index contributed by atoms with van der Waals surface area (Å²) < 4.78 is 1.79. The molecule has 26 heavy (non-hydrogen) atoms. The first-order valence-corrected chi connectivity index (χ1v) is 8.27. The minimum Gasteiger partial charge on any atom is -0.347 e. The molecule has 3 heterocycles. The summed E-state index contributed by atoms with van der Waals surface area (Å²) in [6, 6.07) is 15.3. The fraction of sp³-hybridized carbons (Fsp3) is 0.100. The third kappa shape index (κ3) is 3.17. The molecule has 6 nitrogen and oxygen atoms in total. The minimum absolute atomic E-state index is 0.207. The summed E-state index contributed by atoms with van der Waals surface area (Å²) in [6.07, 6.45) is 5.27. The number of carbonyl (C=O) groups excluding carboxylic acids is 1. The van der Waals surface area contributed by atoms with Gasteiger partial charge in [-0.15, -0.1) is 0 Å². The van der Waals surface area contributed by atoms with Gasteiger partial charge < -0.3 is 5.32 Å². The molecule has 0 bridgehead atoms. The highest BCUT2D eigenvalue weighted by molar-refractivity contribution is 5.94. The SMILES string of the molecule is Cn1nccc1-c1cncc(CNC(=O)c2ccc3ccccc3n2)c1. The van der Waals surface area contributed by atoms with Crippen molar-refractivity contribution in [3.05, 3.63) is 78.4 Å². The van der Waals surface area contributed by atoms with Crippen molar-refractivity contribution in [3.8, 4) is 11.3 Å². The number of pyridine rings is 2. The van der Waals surface area contributed by atoms with E-state index in [1.165, 1.54) is 0 Å². The summed E-state index contributed by atoms with van der Waals surface area (Å²) in [6.45, 7) is 0.381. The number of rotatable bonds is 4. The number of nitrogens with zero attached hydrogens (tertiary/aromatic N) is 4. The molecule has 0 fully saturated rings. The predicted octanol–water partition coefficient (Wildman–Crippen LogP) is 2.96. The second-order valence-corrected chi connectivity index (χ2v) is 5.99. The summed E-state index contributed by atoms with van der Waals surface area (Å²) >= 11 is 0. The Morgan fingerprint density at radius 3 is 2.85 bits per heavy atom. The number of fused-ring (bicyclic) bond motifs is 1. The molecule has 0 spiro atoms. The number of hydrogen-bond donors (Lipinski definition) is 1. The maximum atomic E-state index is 12.4. The van der Waals surface area contributed by atoms with E-state index in [1.54, 1.807) is 29.3 Å². The van der Waals surface area contributed by atoms with Crippen LogP contribution in [0.15, 0.2) is 67.1 Å². The van der Waals surface area contributed by atoms with Crippen LogP contribution in [0, 0.1) is 0 Å². The summed E-state index contributed by atoms with van der Waals surface area (Å²) in [5.41, 5.74) is 4.06. The van der Waals surface area contributed by atoms with E-state index in [4.69, 9.17) is 0 Å². The zero-order valence-corrected chi connectivity index (χ0v) is 14.3. The predicted molar refractivity (Wildman–Crippen MR) is 99.4 cm³/mol. The summed E-state index contributed by atoms with van der Waals surface area (Å²) in [4.78, 5) is 21.1. The van der Waals surface area contributed by atoms with Gasteiger partial charge in [0.05, 0.1) is 11.2 Å². The van der Waals surface area contributed by atoms with Crippen LogP contribution in [0.25, 0.3) is 22.2 Å². The van der Waals surface area contributed by atoms with Crippen LogP contribution in [0.3, 0.4) is 0 Å². The van der Waals surface area contributed by atoms with E-state index in [-0.39, 0.29) is 5.91 Å². The second kappa shape index (κ2) is 6.76. The lowest BCUT2D eigenvalue weighted by Gasteiger charge is -2.07. The number of hydrogen-bond acceptors (Lipinski definition) is 4. The average Bonchev–Trinajstić information content (AvgIpc) is 3.12. The highest BCUT2D eigenvalue weighted by Crippen LogP contribution is 2.18. The van der Waals surface area contributed by atoms with Gasteiger partial charge in [-0.2, -0.15) is 5.10 Å². The Morgan fingerprint density at radius 1 is 1.12 bits per heavy atom. The fourth-order valence-corrected chi connectivity index (χ4v) is 2.85. The first kappa shape index (κ1) is 16.0. The number of aromatic nitrogens is 4. The molecule has 0 aliphatic rings. The molecule has 6 heteroatoms. The van der Waals surface area contributed by atoms with Crippen LogP contribution >= 0.6 is 0 Å². The van der Waals surface area contributed by atoms with Crippen molar-refractivity contribution in [1.82, 2.24) is 25.1 Å². The number of para-hydroxylation sites is 1. The van der Waals surface area contributed by atoms with Crippen molar-refractivity contribution in [1.29, 1.82) is 0 Å². The Balaban J connectivity index is 1.49. The van der Waals surface area contributed by atoms with Crippen LogP contribution in [0.2, 0.25) is 0 Å². The van der Waals surface area contributed by atoms with E-state index in [2.05, 4.69) is 20.4 Å². The molecule has 128 valence electrons. The van der Waals surface area contributed by atoms with E-state index in [0.717, 1.165) is 27.7 Å². The quantitative estimate of drug-likeness (QED) is 0.618. The van der Waals surface area contributed by atoms with Gasteiger partial charge in [0, 0.05) is 43.1 Å². The number of carbonyl (C=O) groups is 1. The number of benzene rings is 1. The Hall–Kier alpha value is -3.54. The molecule has 4 aromatic rings. The van der Waals surface area contributed by atoms with Crippen molar-refractivity contribution in [2.75, 3.05) is 0 Å². The first-order chi connectivity index (χ1) is 12.7. The van der Waals surface area contributed by atoms with Crippen molar-refractivity contribution in [2.45, 2.75) is 6.54 Å². The summed E-state index contributed by atoms with van der Waals surface area (Å²) in [7, 11) is 1.88. The van der Waals surface area contributed by atoms with Gasteiger partial charge >= 0.3 is 0 Å². The van der Waals surface area contributed by atoms with Gasteiger partial charge in [0.2, 0.25) is 0 Å². The number of aryl methyl sites for hydroxylation is 1. The highest BCUT2D eigenvalue weighted by Gasteiger charge is 2.09. The van der Waals surface area contributed by atoms with E-state index < -0.39 is 0 Å². The van der Waals surface area contributed by atoms with Gasteiger partial charge in [-0.3, -0.25) is 14.5 Å². The summed E-state index contributed by atoms with van der Waals surface area (Å²) in [5.74, 6) is -0.207. The lowest BCUT2D eigenvalue weighted by Crippen LogP contribution is -2.23. The average molecular weight is 343 g/mol. The molecule has 0 aliphatic carbocycles. The molecule has 3 aromatic heterocycles. The van der Waals surface area contributed by atoms with Crippen LogP contribution < -0.4 is 5.32 Å². The van der Waals surface area contributed by atoms with Crippen LogP contribution in [-0.4, -0.2) is 25.7 Å². The Labute approximate surface area is 150 Å². The molecular formula is C20H17N5O. The van der Waals surface area contributed by atoms with Crippen LogP contribution in [0.5, 0.6) is 0 Å². The largest absolute Gasteiger partial charge is 0.347 e. The van der Waals surface area contributed by atoms with Crippen LogP contribution in [0.4, 0.5) is 0 Å². The molecule has 1 N–H and O–H groups in total. The first-order valence-electron chi connectivity index (χ1n) is 8.27. The normalized spacial score (nSPS) is 10.8. The third-order valence-corrected chi connectivity index (χ3v) is 4.20. The zero-order valence-electron chi connectivity index (χ0n) is 14.3. The molecule has 1 amide bonds. The van der Waals surface area contributed by atoms with Crippen molar-refractivity contribution < 1.29 is 4.79 Å². The van der Waals surface area contributed by atoms with Crippen LogP contribution in [0.1, 0.15) is 16.1 Å². The van der Waals surface area contributed by atoms with Gasteiger partial charge in [-0.25, -0.2) is 4.98 Å². The highest BCUT2D eigenvalue weighted by atomic mass is 16.1. The molecule has 0 saturated carbocycles. The van der Waals surface area contributed by atoms with Gasteiger partial charge in [0.15, 0.2) is 0 Å². The fourth-order valence-electron chi connectivity index (χ4n) is 2.85.